The predicted molar refractivity (Wildman–Crippen MR) is 94.8 cm³/mol. The molecule has 3 heterocycles. The van der Waals surface area contributed by atoms with Crippen LogP contribution in [0, 0.1) is 0 Å². The first kappa shape index (κ1) is 15.7. The molecule has 0 spiro atoms. The Morgan fingerprint density at radius 2 is 2.08 bits per heavy atom. The number of rotatable bonds is 3. The van der Waals surface area contributed by atoms with E-state index in [4.69, 9.17) is 0 Å². The third kappa shape index (κ3) is 2.87. The van der Waals surface area contributed by atoms with Gasteiger partial charge in [0.1, 0.15) is 5.71 Å². The summed E-state index contributed by atoms with van der Waals surface area (Å²) in [6.07, 6.45) is 8.47. The number of hydrogen-bond acceptors (Lipinski definition) is 5. The molecule has 0 saturated heterocycles. The highest BCUT2D eigenvalue weighted by Gasteiger charge is 2.27. The molecule has 1 amide bonds. The van der Waals surface area contributed by atoms with Gasteiger partial charge in [0.2, 0.25) is 0 Å². The first-order valence-electron chi connectivity index (χ1n) is 8.39. The van der Waals surface area contributed by atoms with Gasteiger partial charge in [-0.2, -0.15) is 5.10 Å². The summed E-state index contributed by atoms with van der Waals surface area (Å²) in [5.74, 6) is 0.203. The van der Waals surface area contributed by atoms with Crippen molar-refractivity contribution in [1.82, 2.24) is 25.3 Å². The molecule has 0 bridgehead atoms. The maximum absolute atomic E-state index is 12.2. The summed E-state index contributed by atoms with van der Waals surface area (Å²) in [5, 5.41) is 4.09. The van der Waals surface area contributed by atoms with Gasteiger partial charge in [-0.3, -0.25) is 4.79 Å². The molecule has 2 aromatic rings. The van der Waals surface area contributed by atoms with Crippen LogP contribution in [0.5, 0.6) is 0 Å². The van der Waals surface area contributed by atoms with E-state index in [0.717, 1.165) is 25.0 Å². The van der Waals surface area contributed by atoms with Crippen LogP contribution in [0.2, 0.25) is 0 Å². The van der Waals surface area contributed by atoms with E-state index < -0.39 is 0 Å². The van der Waals surface area contributed by atoms with Gasteiger partial charge in [0, 0.05) is 29.8 Å². The number of H-pyrrole nitrogens is 1. The fourth-order valence-corrected chi connectivity index (χ4v) is 3.50. The van der Waals surface area contributed by atoms with E-state index in [1.165, 1.54) is 11.3 Å². The molecule has 1 atom stereocenters. The molecule has 1 unspecified atom stereocenters. The Morgan fingerprint density at radius 3 is 2.84 bits per heavy atom. The standard InChI is InChI=1S/C18H20N6O/c1-24(2)15-6-3-5-14-12(15)9-11(21-14)10-13-16(22-23-18(13)25)17-19-7-4-8-20-17/h4,7-10,15,21H,3,5-6H2,1-2H3,(H,23,25). The van der Waals surface area contributed by atoms with Gasteiger partial charge < -0.3 is 9.88 Å². The van der Waals surface area contributed by atoms with Gasteiger partial charge in [-0.05, 0) is 57.1 Å². The van der Waals surface area contributed by atoms with Crippen LogP contribution in [0.25, 0.3) is 6.08 Å². The lowest BCUT2D eigenvalue weighted by atomic mass is 9.92. The number of hydrogen-bond donors (Lipinski definition) is 2. The van der Waals surface area contributed by atoms with Gasteiger partial charge in [0.05, 0.1) is 5.57 Å². The Hall–Kier alpha value is -2.80. The van der Waals surface area contributed by atoms with Crippen LogP contribution in [-0.4, -0.2) is 45.6 Å². The lowest BCUT2D eigenvalue weighted by Gasteiger charge is -2.28. The molecule has 128 valence electrons. The Bertz CT molecular complexity index is 865. The summed E-state index contributed by atoms with van der Waals surface area (Å²) in [4.78, 5) is 26.3. The first-order chi connectivity index (χ1) is 12.1. The summed E-state index contributed by atoms with van der Waals surface area (Å²) >= 11 is 0. The summed E-state index contributed by atoms with van der Waals surface area (Å²) in [6.45, 7) is 0. The quantitative estimate of drug-likeness (QED) is 0.835. The fraction of sp³-hybridized carbons (Fsp3) is 0.333. The maximum Gasteiger partial charge on any atom is 0.273 e. The van der Waals surface area contributed by atoms with Gasteiger partial charge in [0.15, 0.2) is 5.82 Å². The first-order valence-corrected chi connectivity index (χ1v) is 8.39. The van der Waals surface area contributed by atoms with Crippen LogP contribution in [0.4, 0.5) is 0 Å². The van der Waals surface area contributed by atoms with E-state index in [0.29, 0.717) is 23.2 Å². The number of carbonyl (C=O) groups is 1. The number of nitrogens with zero attached hydrogens (tertiary/aromatic N) is 4. The van der Waals surface area contributed by atoms with E-state index in [1.807, 2.05) is 6.08 Å². The zero-order chi connectivity index (χ0) is 17.4. The minimum absolute atomic E-state index is 0.237. The predicted octanol–water partition coefficient (Wildman–Crippen LogP) is 1.66. The summed E-state index contributed by atoms with van der Waals surface area (Å²) < 4.78 is 0. The van der Waals surface area contributed by atoms with Crippen molar-refractivity contribution < 1.29 is 4.79 Å². The van der Waals surface area contributed by atoms with Gasteiger partial charge in [-0.15, -0.1) is 0 Å². The monoisotopic (exact) mass is 336 g/mol. The second kappa shape index (κ2) is 6.25. The molecule has 0 aromatic carbocycles. The Labute approximate surface area is 145 Å². The Balaban J connectivity index is 1.71. The number of nitrogens with one attached hydrogen (secondary N) is 2. The average molecular weight is 336 g/mol. The third-order valence-corrected chi connectivity index (χ3v) is 4.69. The molecular weight excluding hydrogens is 316 g/mol. The minimum Gasteiger partial charge on any atom is -0.359 e. The smallest absolute Gasteiger partial charge is 0.273 e. The van der Waals surface area contributed by atoms with Gasteiger partial charge >= 0.3 is 0 Å². The molecule has 25 heavy (non-hydrogen) atoms. The number of hydrazone groups is 1. The van der Waals surface area contributed by atoms with Crippen molar-refractivity contribution in [2.75, 3.05) is 14.1 Å². The number of aromatic nitrogens is 3. The van der Waals surface area contributed by atoms with Crippen LogP contribution in [0.15, 0.2) is 35.2 Å². The van der Waals surface area contributed by atoms with E-state index in [9.17, 15) is 4.79 Å². The second-order valence-electron chi connectivity index (χ2n) is 6.56. The molecule has 7 nitrogen and oxygen atoms in total. The summed E-state index contributed by atoms with van der Waals surface area (Å²) in [6, 6.07) is 4.29. The highest BCUT2D eigenvalue weighted by atomic mass is 16.2. The minimum atomic E-state index is -0.237. The molecule has 0 radical (unpaired) electrons. The second-order valence-corrected chi connectivity index (χ2v) is 6.56. The zero-order valence-electron chi connectivity index (χ0n) is 14.3. The van der Waals surface area contributed by atoms with Crippen LogP contribution < -0.4 is 5.43 Å². The molecule has 1 aliphatic heterocycles. The lowest BCUT2D eigenvalue weighted by molar-refractivity contribution is -0.116. The molecule has 2 aromatic heterocycles. The molecule has 4 rings (SSSR count). The Kier molecular flexibility index (Phi) is 3.93. The topological polar surface area (TPSA) is 86.3 Å². The van der Waals surface area contributed by atoms with Gasteiger partial charge in [0.25, 0.3) is 5.91 Å². The molecule has 0 saturated carbocycles. The highest BCUT2D eigenvalue weighted by molar-refractivity contribution is 6.32. The van der Waals surface area contributed by atoms with E-state index in [1.54, 1.807) is 18.5 Å². The molecule has 2 N–H and O–H groups in total. The molecular formula is C18H20N6O. The van der Waals surface area contributed by atoms with Crippen LogP contribution in [0.1, 0.15) is 41.7 Å². The van der Waals surface area contributed by atoms with Crippen molar-refractivity contribution >= 4 is 17.7 Å². The molecule has 2 aliphatic rings. The van der Waals surface area contributed by atoms with Crippen molar-refractivity contribution in [3.8, 4) is 0 Å². The van der Waals surface area contributed by atoms with Crippen LogP contribution in [0.3, 0.4) is 0 Å². The van der Waals surface area contributed by atoms with Crippen molar-refractivity contribution in [3.05, 3.63) is 52.9 Å². The largest absolute Gasteiger partial charge is 0.359 e. The molecule has 1 aliphatic carbocycles. The maximum atomic E-state index is 12.2. The number of fused-ring (bicyclic) bond motifs is 1. The van der Waals surface area contributed by atoms with E-state index in [2.05, 4.69) is 50.5 Å². The van der Waals surface area contributed by atoms with Crippen molar-refractivity contribution in [2.45, 2.75) is 25.3 Å². The van der Waals surface area contributed by atoms with Gasteiger partial charge in [-0.25, -0.2) is 15.4 Å². The van der Waals surface area contributed by atoms with Crippen LogP contribution in [-0.2, 0) is 11.2 Å². The van der Waals surface area contributed by atoms with Gasteiger partial charge in [-0.1, -0.05) is 0 Å². The molecule has 0 fully saturated rings. The third-order valence-electron chi connectivity index (χ3n) is 4.69. The lowest BCUT2D eigenvalue weighted by Crippen LogP contribution is -2.23. The summed E-state index contributed by atoms with van der Waals surface area (Å²) in [5.41, 5.74) is 6.94. The van der Waals surface area contributed by atoms with Crippen molar-refractivity contribution in [1.29, 1.82) is 0 Å². The Morgan fingerprint density at radius 1 is 1.28 bits per heavy atom. The van der Waals surface area contributed by atoms with Crippen molar-refractivity contribution in [3.63, 3.8) is 0 Å². The average Bonchev–Trinajstić information content (AvgIpc) is 3.19. The van der Waals surface area contributed by atoms with Crippen LogP contribution >= 0.6 is 0 Å². The number of aromatic amines is 1. The number of carbonyl (C=O) groups excluding carboxylic acids is 1. The zero-order valence-corrected chi connectivity index (χ0v) is 14.3. The summed E-state index contributed by atoms with van der Waals surface area (Å²) in [7, 11) is 4.21. The number of amides is 1. The number of aryl methyl sites for hydroxylation is 1. The van der Waals surface area contributed by atoms with E-state index >= 15 is 0 Å². The SMILES string of the molecule is CN(C)C1CCCc2[nH]c(C=C3C(=O)NN=C3c3ncccn3)cc21. The van der Waals surface area contributed by atoms with Crippen molar-refractivity contribution in [2.24, 2.45) is 5.10 Å². The normalized spacial score (nSPS) is 21.4. The molecule has 7 heteroatoms. The van der Waals surface area contributed by atoms with E-state index in [-0.39, 0.29) is 5.91 Å². The highest BCUT2D eigenvalue weighted by Crippen LogP contribution is 2.34. The fourth-order valence-electron chi connectivity index (χ4n) is 3.50.